The predicted molar refractivity (Wildman–Crippen MR) is 99.6 cm³/mol. The Morgan fingerprint density at radius 2 is 1.77 bits per heavy atom. The van der Waals surface area contributed by atoms with E-state index in [1.807, 2.05) is 29.2 Å². The molecule has 1 aliphatic carbocycles. The summed E-state index contributed by atoms with van der Waals surface area (Å²) < 4.78 is 13.8. The summed E-state index contributed by atoms with van der Waals surface area (Å²) in [6.45, 7) is 2.93. The Morgan fingerprint density at radius 1 is 1.00 bits per heavy atom. The van der Waals surface area contributed by atoms with Gasteiger partial charge in [-0.15, -0.1) is 0 Å². The third-order valence-corrected chi connectivity index (χ3v) is 5.78. The molecule has 2 fully saturated rings. The highest BCUT2D eigenvalue weighted by Gasteiger charge is 2.45. The van der Waals surface area contributed by atoms with Gasteiger partial charge in [0.25, 0.3) is 0 Å². The second kappa shape index (κ2) is 7.06. The summed E-state index contributed by atoms with van der Waals surface area (Å²) in [5.74, 6) is 0.864. The fourth-order valence-corrected chi connectivity index (χ4v) is 4.37. The fraction of sp³-hybridized carbons (Fsp3) is 0.429. The first-order valence-electron chi connectivity index (χ1n) is 9.40. The van der Waals surface area contributed by atoms with Gasteiger partial charge in [0.2, 0.25) is 5.91 Å². The zero-order chi connectivity index (χ0) is 18.0. The van der Waals surface area contributed by atoms with Crippen LogP contribution in [0.3, 0.4) is 0 Å². The monoisotopic (exact) mass is 353 g/mol. The largest absolute Gasteiger partial charge is 0.353 e. The van der Waals surface area contributed by atoms with Crippen LogP contribution in [0.1, 0.15) is 31.2 Å². The molecule has 1 amide bonds. The van der Waals surface area contributed by atoms with Crippen LogP contribution in [0, 0.1) is 5.82 Å². The van der Waals surface area contributed by atoms with Gasteiger partial charge in [-0.3, -0.25) is 4.79 Å². The lowest BCUT2D eigenvalue weighted by molar-refractivity contribution is -0.137. The van der Waals surface area contributed by atoms with E-state index < -0.39 is 5.41 Å². The van der Waals surface area contributed by atoms with Gasteiger partial charge in [-0.1, -0.05) is 31.0 Å². The lowest BCUT2D eigenvalue weighted by Crippen LogP contribution is -2.54. The number of benzene rings is 1. The summed E-state index contributed by atoms with van der Waals surface area (Å²) in [4.78, 5) is 22.0. The van der Waals surface area contributed by atoms with E-state index in [9.17, 15) is 9.18 Å². The molecule has 0 N–H and O–H groups in total. The van der Waals surface area contributed by atoms with Crippen LogP contribution in [0.5, 0.6) is 0 Å². The number of hydrogen-bond acceptors (Lipinski definition) is 3. The van der Waals surface area contributed by atoms with Crippen molar-refractivity contribution in [2.24, 2.45) is 0 Å². The van der Waals surface area contributed by atoms with Gasteiger partial charge >= 0.3 is 0 Å². The summed E-state index contributed by atoms with van der Waals surface area (Å²) >= 11 is 0. The molecule has 1 saturated heterocycles. The molecule has 0 spiro atoms. The molecule has 1 aromatic carbocycles. The van der Waals surface area contributed by atoms with E-state index in [0.717, 1.165) is 50.2 Å². The van der Waals surface area contributed by atoms with Crippen LogP contribution in [0.2, 0.25) is 0 Å². The van der Waals surface area contributed by atoms with E-state index in [-0.39, 0.29) is 11.7 Å². The van der Waals surface area contributed by atoms with Gasteiger partial charge in [-0.25, -0.2) is 9.37 Å². The number of pyridine rings is 1. The molecule has 2 aromatic rings. The van der Waals surface area contributed by atoms with Crippen molar-refractivity contribution in [3.05, 3.63) is 60.0 Å². The number of nitrogens with zero attached hydrogens (tertiary/aromatic N) is 3. The molecule has 4 nitrogen and oxygen atoms in total. The van der Waals surface area contributed by atoms with Crippen LogP contribution >= 0.6 is 0 Å². The minimum Gasteiger partial charge on any atom is -0.353 e. The Bertz CT molecular complexity index is 766. The second-order valence-corrected chi connectivity index (χ2v) is 7.27. The lowest BCUT2D eigenvalue weighted by atomic mass is 9.77. The minimum atomic E-state index is -0.546. The van der Waals surface area contributed by atoms with Crippen LogP contribution < -0.4 is 4.90 Å². The summed E-state index contributed by atoms with van der Waals surface area (Å²) in [5, 5.41) is 0. The number of anilines is 1. The molecule has 0 bridgehead atoms. The molecule has 0 unspecified atom stereocenters. The summed E-state index contributed by atoms with van der Waals surface area (Å²) in [6.07, 6.45) is 5.47. The topological polar surface area (TPSA) is 36.4 Å². The molecule has 1 aliphatic heterocycles. The lowest BCUT2D eigenvalue weighted by Gasteiger charge is -2.40. The predicted octanol–water partition coefficient (Wildman–Crippen LogP) is 3.38. The highest BCUT2D eigenvalue weighted by atomic mass is 19.1. The molecule has 136 valence electrons. The molecule has 1 aromatic heterocycles. The number of carbonyl (C=O) groups excluding carboxylic acids is 1. The van der Waals surface area contributed by atoms with Crippen LogP contribution in [0.4, 0.5) is 10.2 Å². The zero-order valence-electron chi connectivity index (χ0n) is 14.9. The second-order valence-electron chi connectivity index (χ2n) is 7.27. The summed E-state index contributed by atoms with van der Waals surface area (Å²) in [5.41, 5.74) is 0.294. The van der Waals surface area contributed by atoms with Gasteiger partial charge < -0.3 is 9.80 Å². The minimum absolute atomic E-state index is 0.168. The van der Waals surface area contributed by atoms with E-state index >= 15 is 0 Å². The Balaban J connectivity index is 1.51. The number of aromatic nitrogens is 1. The SMILES string of the molecule is O=C(N1CCN(c2ccccn2)CC1)C1(c2cccc(F)c2)CCCC1. The van der Waals surface area contributed by atoms with Crippen LogP contribution in [-0.2, 0) is 10.2 Å². The van der Waals surface area contributed by atoms with Crippen molar-refractivity contribution in [3.8, 4) is 0 Å². The number of rotatable bonds is 3. The molecule has 0 radical (unpaired) electrons. The highest BCUT2D eigenvalue weighted by molar-refractivity contribution is 5.89. The average Bonchev–Trinajstić information content (AvgIpc) is 3.19. The van der Waals surface area contributed by atoms with Crippen molar-refractivity contribution in [1.82, 2.24) is 9.88 Å². The van der Waals surface area contributed by atoms with E-state index in [0.29, 0.717) is 13.1 Å². The molecular formula is C21H24FN3O. The molecule has 2 heterocycles. The summed E-state index contributed by atoms with van der Waals surface area (Å²) in [6, 6.07) is 12.5. The van der Waals surface area contributed by atoms with Gasteiger partial charge in [0.1, 0.15) is 11.6 Å². The first-order valence-corrected chi connectivity index (χ1v) is 9.40. The van der Waals surface area contributed by atoms with Gasteiger partial charge in [-0.2, -0.15) is 0 Å². The molecule has 0 atom stereocenters. The van der Waals surface area contributed by atoms with Crippen molar-refractivity contribution in [2.45, 2.75) is 31.1 Å². The van der Waals surface area contributed by atoms with Gasteiger partial charge in [0.05, 0.1) is 5.41 Å². The molecule has 26 heavy (non-hydrogen) atoms. The number of piperazine rings is 1. The quantitative estimate of drug-likeness (QED) is 0.849. The van der Waals surface area contributed by atoms with Gasteiger partial charge in [-0.05, 0) is 42.7 Å². The Kier molecular flexibility index (Phi) is 4.62. The Morgan fingerprint density at radius 3 is 2.42 bits per heavy atom. The zero-order valence-corrected chi connectivity index (χ0v) is 14.9. The standard InChI is InChI=1S/C21H24FN3O/c22-18-7-5-6-17(16-18)21(9-2-3-10-21)20(26)25-14-12-24(13-15-25)19-8-1-4-11-23-19/h1,4-8,11,16H,2-3,9-10,12-15H2. The number of halogens is 1. The van der Waals surface area contributed by atoms with Crippen LogP contribution in [0.25, 0.3) is 0 Å². The van der Waals surface area contributed by atoms with Crippen molar-refractivity contribution in [3.63, 3.8) is 0 Å². The first kappa shape index (κ1) is 17.0. The van der Waals surface area contributed by atoms with Crippen LogP contribution in [0.15, 0.2) is 48.7 Å². The van der Waals surface area contributed by atoms with Crippen molar-refractivity contribution in [1.29, 1.82) is 0 Å². The van der Waals surface area contributed by atoms with Crippen LogP contribution in [-0.4, -0.2) is 42.0 Å². The molecular weight excluding hydrogens is 329 g/mol. The normalized spacial score (nSPS) is 19.6. The highest BCUT2D eigenvalue weighted by Crippen LogP contribution is 2.43. The van der Waals surface area contributed by atoms with E-state index in [1.165, 1.54) is 6.07 Å². The Labute approximate surface area is 153 Å². The molecule has 1 saturated carbocycles. The number of amides is 1. The first-order chi connectivity index (χ1) is 12.7. The van der Waals surface area contributed by atoms with E-state index in [4.69, 9.17) is 0 Å². The van der Waals surface area contributed by atoms with Crippen molar-refractivity contribution in [2.75, 3.05) is 31.1 Å². The maximum absolute atomic E-state index is 13.8. The maximum atomic E-state index is 13.8. The Hall–Kier alpha value is -2.43. The fourth-order valence-electron chi connectivity index (χ4n) is 4.37. The smallest absolute Gasteiger partial charge is 0.233 e. The average molecular weight is 353 g/mol. The third kappa shape index (κ3) is 3.06. The van der Waals surface area contributed by atoms with Crippen molar-refractivity contribution >= 4 is 11.7 Å². The van der Waals surface area contributed by atoms with E-state index in [2.05, 4.69) is 9.88 Å². The molecule has 5 heteroatoms. The summed E-state index contributed by atoms with van der Waals surface area (Å²) in [7, 11) is 0. The number of carbonyl (C=O) groups is 1. The maximum Gasteiger partial charge on any atom is 0.233 e. The van der Waals surface area contributed by atoms with Crippen molar-refractivity contribution < 1.29 is 9.18 Å². The molecule has 2 aliphatic rings. The molecule has 4 rings (SSSR count). The van der Waals surface area contributed by atoms with Gasteiger partial charge in [0, 0.05) is 32.4 Å². The third-order valence-electron chi connectivity index (χ3n) is 5.78. The van der Waals surface area contributed by atoms with E-state index in [1.54, 1.807) is 18.3 Å². The number of hydrogen-bond donors (Lipinski definition) is 0. The van der Waals surface area contributed by atoms with Gasteiger partial charge in [0.15, 0.2) is 0 Å².